The van der Waals surface area contributed by atoms with Crippen LogP contribution in [0.5, 0.6) is 0 Å². The molecule has 1 aromatic carbocycles. The average molecular weight is 348 g/mol. The molecule has 0 aliphatic rings. The normalized spacial score (nSPS) is 12.0. The Balaban J connectivity index is 2.36. The molecule has 2 N–H and O–H groups in total. The van der Waals surface area contributed by atoms with Gasteiger partial charge in [0.1, 0.15) is 10.8 Å². The van der Waals surface area contributed by atoms with E-state index in [-0.39, 0.29) is 15.4 Å². The number of fused-ring (bicyclic) bond motifs is 1. The van der Waals surface area contributed by atoms with Gasteiger partial charge >= 0.3 is 0 Å². The fourth-order valence-corrected chi connectivity index (χ4v) is 4.72. The van der Waals surface area contributed by atoms with E-state index in [4.69, 9.17) is 5.73 Å². The van der Waals surface area contributed by atoms with Gasteiger partial charge in [-0.1, -0.05) is 17.7 Å². The van der Waals surface area contributed by atoms with E-state index < -0.39 is 9.84 Å². The molecule has 120 valence electrons. The maximum Gasteiger partial charge on any atom is 0.213 e. The second-order valence-electron chi connectivity index (χ2n) is 5.21. The Hall–Kier alpha value is -2.06. The van der Waals surface area contributed by atoms with Crippen molar-refractivity contribution in [3.05, 3.63) is 41.6 Å². The van der Waals surface area contributed by atoms with Crippen molar-refractivity contribution in [3.8, 4) is 0 Å². The van der Waals surface area contributed by atoms with Gasteiger partial charge in [0.05, 0.1) is 4.90 Å². The number of aromatic nitrogens is 3. The van der Waals surface area contributed by atoms with Crippen molar-refractivity contribution in [2.24, 2.45) is 0 Å². The van der Waals surface area contributed by atoms with Crippen molar-refractivity contribution in [3.63, 3.8) is 0 Å². The molecule has 0 saturated heterocycles. The van der Waals surface area contributed by atoms with Gasteiger partial charge in [0, 0.05) is 11.8 Å². The number of nitrogens with two attached hydrogens (primary N) is 1. The highest BCUT2D eigenvalue weighted by Crippen LogP contribution is 2.33. The van der Waals surface area contributed by atoms with Gasteiger partial charge in [0.2, 0.25) is 9.84 Å². The molecule has 2 aromatic heterocycles. The van der Waals surface area contributed by atoms with E-state index in [9.17, 15) is 8.42 Å². The molecule has 0 saturated carbocycles. The van der Waals surface area contributed by atoms with Crippen LogP contribution < -0.4 is 5.73 Å². The number of benzene rings is 1. The largest absolute Gasteiger partial charge is 0.384 e. The number of sulfone groups is 1. The number of aryl methyl sites for hydroxylation is 2. The molecule has 0 bridgehead atoms. The molecule has 0 unspecified atom stereocenters. The molecule has 0 aliphatic carbocycles. The van der Waals surface area contributed by atoms with E-state index in [2.05, 4.69) is 10.1 Å². The molecule has 0 fully saturated rings. The van der Waals surface area contributed by atoms with Crippen molar-refractivity contribution in [1.82, 2.24) is 14.6 Å². The number of nitrogen functional groups attached to an aromatic ring is 1. The fraction of sp³-hybridized carbons (Fsp3) is 0.200. The second-order valence-corrected chi connectivity index (χ2v) is 7.89. The summed E-state index contributed by atoms with van der Waals surface area (Å²) in [6.45, 7) is 3.68. The predicted molar refractivity (Wildman–Crippen MR) is 90.5 cm³/mol. The highest BCUT2D eigenvalue weighted by molar-refractivity contribution is 7.99. The monoisotopic (exact) mass is 348 g/mol. The molecule has 0 atom stereocenters. The zero-order valence-corrected chi connectivity index (χ0v) is 14.6. The Morgan fingerprint density at radius 1 is 1.17 bits per heavy atom. The van der Waals surface area contributed by atoms with Gasteiger partial charge in [-0.3, -0.25) is 0 Å². The predicted octanol–water partition coefficient (Wildman–Crippen LogP) is 2.48. The van der Waals surface area contributed by atoms with Crippen LogP contribution in [0, 0.1) is 13.8 Å². The molecule has 23 heavy (non-hydrogen) atoms. The zero-order valence-electron chi connectivity index (χ0n) is 12.9. The molecule has 2 heterocycles. The summed E-state index contributed by atoms with van der Waals surface area (Å²) in [7, 11) is -3.74. The maximum absolute atomic E-state index is 13.1. The lowest BCUT2D eigenvalue weighted by Gasteiger charge is -2.05. The number of hydrogen-bond acceptors (Lipinski definition) is 6. The second kappa shape index (κ2) is 5.54. The van der Waals surface area contributed by atoms with Crippen LogP contribution in [0.3, 0.4) is 0 Å². The lowest BCUT2D eigenvalue weighted by molar-refractivity contribution is 0.594. The Morgan fingerprint density at radius 2 is 1.83 bits per heavy atom. The number of hydrogen-bond donors (Lipinski definition) is 1. The Bertz CT molecular complexity index is 992. The van der Waals surface area contributed by atoms with Crippen LogP contribution in [-0.2, 0) is 9.84 Å². The lowest BCUT2D eigenvalue weighted by Crippen LogP contribution is -2.05. The number of thioether (sulfide) groups is 1. The first-order valence-electron chi connectivity index (χ1n) is 6.86. The highest BCUT2D eigenvalue weighted by atomic mass is 32.2. The van der Waals surface area contributed by atoms with E-state index in [0.717, 1.165) is 5.56 Å². The van der Waals surface area contributed by atoms with Gasteiger partial charge in [0.15, 0.2) is 10.5 Å². The third kappa shape index (κ3) is 2.57. The summed E-state index contributed by atoms with van der Waals surface area (Å²) in [5, 5.41) is 4.68. The first kappa shape index (κ1) is 15.8. The third-order valence-electron chi connectivity index (χ3n) is 3.47. The summed E-state index contributed by atoms with van der Waals surface area (Å²) < 4.78 is 27.5. The Morgan fingerprint density at radius 3 is 2.43 bits per heavy atom. The minimum atomic E-state index is -3.74. The molecule has 0 amide bonds. The number of rotatable bonds is 3. The van der Waals surface area contributed by atoms with Crippen molar-refractivity contribution >= 4 is 33.1 Å². The van der Waals surface area contributed by atoms with Gasteiger partial charge in [0.25, 0.3) is 0 Å². The summed E-state index contributed by atoms with van der Waals surface area (Å²) in [6, 6.07) is 8.38. The summed E-state index contributed by atoms with van der Waals surface area (Å²) >= 11 is 1.25. The maximum atomic E-state index is 13.1. The third-order valence-corrected chi connectivity index (χ3v) is 6.07. The van der Waals surface area contributed by atoms with Crippen LogP contribution in [0.2, 0.25) is 0 Å². The molecule has 8 heteroatoms. The molecule has 0 spiro atoms. The van der Waals surface area contributed by atoms with Gasteiger partial charge in [-0.15, -0.1) is 11.8 Å². The van der Waals surface area contributed by atoms with Gasteiger partial charge in [-0.2, -0.15) is 9.61 Å². The summed E-state index contributed by atoms with van der Waals surface area (Å²) in [6.07, 6.45) is 1.78. The molecular formula is C15H16N4O2S2. The SMILES string of the molecule is CSc1nn2c(N)cc(C)nc2c1S(=O)(=O)c1ccc(C)cc1. The highest BCUT2D eigenvalue weighted by Gasteiger charge is 2.29. The fourth-order valence-electron chi connectivity index (χ4n) is 2.33. The first-order valence-corrected chi connectivity index (χ1v) is 9.57. The Kier molecular flexibility index (Phi) is 3.81. The topological polar surface area (TPSA) is 90.3 Å². The Labute approximate surface area is 138 Å². The van der Waals surface area contributed by atoms with Crippen molar-refractivity contribution in [2.45, 2.75) is 28.7 Å². The van der Waals surface area contributed by atoms with Gasteiger partial charge in [-0.25, -0.2) is 13.4 Å². The summed E-state index contributed by atoms with van der Waals surface area (Å²) in [5.41, 5.74) is 7.84. The van der Waals surface area contributed by atoms with Crippen LogP contribution in [0.1, 0.15) is 11.3 Å². The van der Waals surface area contributed by atoms with Crippen molar-refractivity contribution in [2.75, 3.05) is 12.0 Å². The van der Waals surface area contributed by atoms with E-state index in [0.29, 0.717) is 16.5 Å². The zero-order chi connectivity index (χ0) is 16.8. The van der Waals surface area contributed by atoms with Crippen LogP contribution in [0.25, 0.3) is 5.65 Å². The van der Waals surface area contributed by atoms with Crippen molar-refractivity contribution in [1.29, 1.82) is 0 Å². The number of nitrogens with zero attached hydrogens (tertiary/aromatic N) is 3. The van der Waals surface area contributed by atoms with Crippen LogP contribution in [0.15, 0.2) is 45.1 Å². The molecule has 0 radical (unpaired) electrons. The van der Waals surface area contributed by atoms with Gasteiger partial charge in [-0.05, 0) is 32.2 Å². The molecular weight excluding hydrogens is 332 g/mol. The van der Waals surface area contributed by atoms with Crippen molar-refractivity contribution < 1.29 is 8.42 Å². The van der Waals surface area contributed by atoms with E-state index >= 15 is 0 Å². The number of anilines is 1. The minimum absolute atomic E-state index is 0.101. The van der Waals surface area contributed by atoms with E-state index in [1.165, 1.54) is 16.3 Å². The van der Waals surface area contributed by atoms with E-state index in [1.54, 1.807) is 43.5 Å². The molecule has 3 aromatic rings. The van der Waals surface area contributed by atoms with Crippen LogP contribution >= 0.6 is 11.8 Å². The standard InChI is InChI=1S/C15H16N4O2S2/c1-9-4-6-11(7-5-9)23(20,21)13-14-17-10(2)8-12(16)19(14)18-15(13)22-3/h4-8H,16H2,1-3H3. The lowest BCUT2D eigenvalue weighted by atomic mass is 10.2. The van der Waals surface area contributed by atoms with Crippen LogP contribution in [-0.4, -0.2) is 29.3 Å². The first-order chi connectivity index (χ1) is 10.8. The van der Waals surface area contributed by atoms with Crippen LogP contribution in [0.4, 0.5) is 5.82 Å². The molecule has 6 nitrogen and oxygen atoms in total. The van der Waals surface area contributed by atoms with E-state index in [1.807, 2.05) is 6.92 Å². The molecule has 0 aliphatic heterocycles. The molecule has 3 rings (SSSR count). The summed E-state index contributed by atoms with van der Waals surface area (Å²) in [5.74, 6) is 0.355. The quantitative estimate of drug-likeness (QED) is 0.731. The summed E-state index contributed by atoms with van der Waals surface area (Å²) in [4.78, 5) is 4.66. The van der Waals surface area contributed by atoms with Gasteiger partial charge < -0.3 is 5.73 Å². The average Bonchev–Trinajstić information content (AvgIpc) is 2.87. The smallest absolute Gasteiger partial charge is 0.213 e. The minimum Gasteiger partial charge on any atom is -0.384 e.